The second kappa shape index (κ2) is 8.32. The average molecular weight is 353 g/mol. The summed E-state index contributed by atoms with van der Waals surface area (Å²) in [5.74, 6) is 1.24. The molecular weight excluding hydrogens is 326 g/mol. The number of hydrogen-bond donors (Lipinski definition) is 0. The topological polar surface area (TPSA) is 45.7 Å². The van der Waals surface area contributed by atoms with E-state index in [1.54, 1.807) is 18.3 Å². The number of hydrogen-bond acceptors (Lipinski definition) is 4. The van der Waals surface area contributed by atoms with Crippen molar-refractivity contribution in [1.29, 1.82) is 0 Å². The van der Waals surface area contributed by atoms with E-state index < -0.39 is 0 Å². The molecule has 0 saturated carbocycles. The highest BCUT2D eigenvalue weighted by atomic mass is 16.5. The van der Waals surface area contributed by atoms with Gasteiger partial charge in [-0.15, -0.1) is 0 Å². The lowest BCUT2D eigenvalue weighted by atomic mass is 10.0. The molecule has 0 unspecified atom stereocenters. The number of pyridine rings is 1. The molecule has 0 bridgehead atoms. The van der Waals surface area contributed by atoms with Gasteiger partial charge >= 0.3 is 0 Å². The van der Waals surface area contributed by atoms with Gasteiger partial charge < -0.3 is 14.5 Å². The maximum Gasteiger partial charge on any atom is 0.255 e. The first-order valence-corrected chi connectivity index (χ1v) is 9.25. The average Bonchev–Trinajstić information content (AvgIpc) is 2.68. The zero-order chi connectivity index (χ0) is 18.5. The molecule has 5 nitrogen and oxygen atoms in total. The summed E-state index contributed by atoms with van der Waals surface area (Å²) >= 11 is 0. The summed E-state index contributed by atoms with van der Waals surface area (Å²) < 4.78 is 5.68. The molecule has 26 heavy (non-hydrogen) atoms. The third kappa shape index (κ3) is 4.41. The normalized spacial score (nSPS) is 15.8. The zero-order valence-electron chi connectivity index (χ0n) is 15.8. The molecule has 1 amide bonds. The highest BCUT2D eigenvalue weighted by Gasteiger charge is 2.26. The number of ether oxygens (including phenoxy) is 1. The lowest BCUT2D eigenvalue weighted by molar-refractivity contribution is 0.0615. The van der Waals surface area contributed by atoms with Gasteiger partial charge in [0.25, 0.3) is 5.91 Å². The van der Waals surface area contributed by atoms with Gasteiger partial charge in [-0.1, -0.05) is 18.2 Å². The van der Waals surface area contributed by atoms with Crippen LogP contribution in [0.3, 0.4) is 0 Å². The minimum Gasteiger partial charge on any atom is -0.439 e. The highest BCUT2D eigenvalue weighted by molar-refractivity contribution is 5.94. The number of carbonyl (C=O) groups excluding carboxylic acids is 1. The summed E-state index contributed by atoms with van der Waals surface area (Å²) in [6.07, 6.45) is 3.63. The lowest BCUT2D eigenvalue weighted by Gasteiger charge is -2.38. The van der Waals surface area contributed by atoms with Crippen molar-refractivity contribution in [1.82, 2.24) is 14.8 Å². The van der Waals surface area contributed by atoms with E-state index in [9.17, 15) is 4.79 Å². The lowest BCUT2D eigenvalue weighted by Crippen LogP contribution is -2.47. The predicted molar refractivity (Wildman–Crippen MR) is 103 cm³/mol. The quantitative estimate of drug-likeness (QED) is 0.820. The number of likely N-dealkylation sites (tertiary alicyclic amines) is 1. The van der Waals surface area contributed by atoms with E-state index in [2.05, 4.69) is 23.7 Å². The Bertz CT molecular complexity index is 708. The summed E-state index contributed by atoms with van der Waals surface area (Å²) in [5, 5.41) is 0. The maximum absolute atomic E-state index is 12.8. The SMILES string of the molecule is CC(C)N1CCC(N(C)C(=O)c2ccc(Oc3ccccc3)nc2)CC1. The molecule has 5 heteroatoms. The molecule has 138 valence electrons. The fourth-order valence-corrected chi connectivity index (χ4v) is 3.34. The molecule has 1 saturated heterocycles. The summed E-state index contributed by atoms with van der Waals surface area (Å²) in [6.45, 7) is 6.53. The minimum absolute atomic E-state index is 0.0201. The summed E-state index contributed by atoms with van der Waals surface area (Å²) in [4.78, 5) is 21.4. The number of piperidine rings is 1. The first-order valence-electron chi connectivity index (χ1n) is 9.25. The molecule has 0 spiro atoms. The third-order valence-electron chi connectivity index (χ3n) is 5.05. The molecule has 0 aliphatic carbocycles. The van der Waals surface area contributed by atoms with Gasteiger partial charge in [0.1, 0.15) is 5.75 Å². The van der Waals surface area contributed by atoms with Gasteiger partial charge in [0, 0.05) is 44.5 Å². The van der Waals surface area contributed by atoms with Crippen LogP contribution in [0.5, 0.6) is 11.6 Å². The Morgan fingerprint density at radius 3 is 2.42 bits per heavy atom. The first kappa shape index (κ1) is 18.4. The minimum atomic E-state index is 0.0201. The van der Waals surface area contributed by atoms with Crippen molar-refractivity contribution in [3.63, 3.8) is 0 Å². The van der Waals surface area contributed by atoms with E-state index >= 15 is 0 Å². The van der Waals surface area contributed by atoms with Crippen molar-refractivity contribution in [3.8, 4) is 11.6 Å². The Morgan fingerprint density at radius 2 is 1.85 bits per heavy atom. The van der Waals surface area contributed by atoms with Gasteiger partial charge in [0.2, 0.25) is 5.88 Å². The monoisotopic (exact) mass is 353 g/mol. The van der Waals surface area contributed by atoms with Gasteiger partial charge in [-0.3, -0.25) is 4.79 Å². The van der Waals surface area contributed by atoms with Crippen LogP contribution >= 0.6 is 0 Å². The third-order valence-corrected chi connectivity index (χ3v) is 5.05. The van der Waals surface area contributed by atoms with Crippen LogP contribution in [-0.2, 0) is 0 Å². The van der Waals surface area contributed by atoms with Crippen LogP contribution in [0, 0.1) is 0 Å². The second-order valence-corrected chi connectivity index (χ2v) is 7.08. The number of amides is 1. The van der Waals surface area contributed by atoms with E-state index in [0.717, 1.165) is 31.7 Å². The largest absolute Gasteiger partial charge is 0.439 e. The summed E-state index contributed by atoms with van der Waals surface area (Å²) in [6, 6.07) is 13.9. The fraction of sp³-hybridized carbons (Fsp3) is 0.429. The maximum atomic E-state index is 12.8. The molecular formula is C21H27N3O2. The molecule has 0 atom stereocenters. The Kier molecular flexibility index (Phi) is 5.89. The van der Waals surface area contributed by atoms with Gasteiger partial charge in [0.05, 0.1) is 5.56 Å². The molecule has 1 aromatic heterocycles. The number of aromatic nitrogens is 1. The van der Waals surface area contributed by atoms with Crippen molar-refractivity contribution < 1.29 is 9.53 Å². The Hall–Kier alpha value is -2.40. The van der Waals surface area contributed by atoms with Crippen LogP contribution in [0.1, 0.15) is 37.0 Å². The van der Waals surface area contributed by atoms with Gasteiger partial charge in [-0.05, 0) is 44.9 Å². The fourth-order valence-electron chi connectivity index (χ4n) is 3.34. The smallest absolute Gasteiger partial charge is 0.255 e. The highest BCUT2D eigenvalue weighted by Crippen LogP contribution is 2.21. The zero-order valence-corrected chi connectivity index (χ0v) is 15.8. The standard InChI is InChI=1S/C21H27N3O2/c1-16(2)24-13-11-18(12-14-24)23(3)21(25)17-9-10-20(22-15-17)26-19-7-5-4-6-8-19/h4-10,15-16,18H,11-14H2,1-3H3. The van der Waals surface area contributed by atoms with E-state index in [1.807, 2.05) is 42.3 Å². The Balaban J connectivity index is 1.59. The van der Waals surface area contributed by atoms with E-state index in [1.165, 1.54) is 0 Å². The van der Waals surface area contributed by atoms with E-state index in [0.29, 0.717) is 17.5 Å². The summed E-state index contributed by atoms with van der Waals surface area (Å²) in [5.41, 5.74) is 0.596. The van der Waals surface area contributed by atoms with Crippen LogP contribution in [-0.4, -0.2) is 52.9 Å². The van der Waals surface area contributed by atoms with E-state index in [-0.39, 0.29) is 11.9 Å². The summed E-state index contributed by atoms with van der Waals surface area (Å²) in [7, 11) is 1.90. The van der Waals surface area contributed by atoms with Crippen LogP contribution < -0.4 is 4.74 Å². The van der Waals surface area contributed by atoms with Crippen LogP contribution in [0.4, 0.5) is 0 Å². The predicted octanol–water partition coefficient (Wildman–Crippen LogP) is 3.82. The molecule has 1 aliphatic heterocycles. The molecule has 2 heterocycles. The van der Waals surface area contributed by atoms with Crippen LogP contribution in [0.15, 0.2) is 48.7 Å². The van der Waals surface area contributed by atoms with Crippen molar-refractivity contribution in [2.24, 2.45) is 0 Å². The van der Waals surface area contributed by atoms with Crippen molar-refractivity contribution in [2.45, 2.75) is 38.8 Å². The van der Waals surface area contributed by atoms with Crippen molar-refractivity contribution in [3.05, 3.63) is 54.2 Å². The molecule has 0 radical (unpaired) electrons. The molecule has 1 aliphatic rings. The van der Waals surface area contributed by atoms with E-state index in [4.69, 9.17) is 4.74 Å². The van der Waals surface area contributed by atoms with Crippen LogP contribution in [0.2, 0.25) is 0 Å². The van der Waals surface area contributed by atoms with Gasteiger partial charge in [-0.2, -0.15) is 0 Å². The molecule has 0 N–H and O–H groups in total. The van der Waals surface area contributed by atoms with Crippen molar-refractivity contribution >= 4 is 5.91 Å². The molecule has 2 aromatic rings. The number of carbonyl (C=O) groups is 1. The van der Waals surface area contributed by atoms with Crippen LogP contribution in [0.25, 0.3) is 0 Å². The number of benzene rings is 1. The molecule has 1 fully saturated rings. The van der Waals surface area contributed by atoms with Gasteiger partial charge in [0.15, 0.2) is 0 Å². The second-order valence-electron chi connectivity index (χ2n) is 7.08. The Labute approximate surface area is 155 Å². The number of rotatable bonds is 5. The Morgan fingerprint density at radius 1 is 1.15 bits per heavy atom. The van der Waals surface area contributed by atoms with Gasteiger partial charge in [-0.25, -0.2) is 4.98 Å². The molecule has 3 rings (SSSR count). The first-order chi connectivity index (χ1) is 12.5. The number of para-hydroxylation sites is 1. The number of nitrogens with zero attached hydrogens (tertiary/aromatic N) is 3. The molecule has 1 aromatic carbocycles. The van der Waals surface area contributed by atoms with Crippen molar-refractivity contribution in [2.75, 3.05) is 20.1 Å².